The van der Waals surface area contributed by atoms with E-state index in [0.717, 1.165) is 12.8 Å². The van der Waals surface area contributed by atoms with Gasteiger partial charge >= 0.3 is 29.9 Å². The van der Waals surface area contributed by atoms with Gasteiger partial charge in [0.05, 0.1) is 12.5 Å². The highest BCUT2D eigenvalue weighted by atomic mass is 19.4. The van der Waals surface area contributed by atoms with Gasteiger partial charge in [-0.05, 0) is 23.7 Å². The van der Waals surface area contributed by atoms with Crippen LogP contribution in [0, 0.1) is 16.7 Å². The molecule has 0 aromatic rings. The largest absolute Gasteiger partial charge is 0.465 e. The maximum atomic E-state index is 13.6. The molecule has 11 heteroatoms. The molecule has 0 heterocycles. The molecule has 1 atom stereocenters. The number of carbonyl (C=O) groups is 1. The lowest BCUT2D eigenvalue weighted by Gasteiger charge is -2.38. The highest BCUT2D eigenvalue weighted by molar-refractivity contribution is 5.73. The molecule has 0 aliphatic rings. The van der Waals surface area contributed by atoms with Gasteiger partial charge in [-0.1, -0.05) is 60.8 Å². The van der Waals surface area contributed by atoms with E-state index in [9.17, 15) is 44.3 Å². The highest BCUT2D eigenvalue weighted by Crippen LogP contribution is 2.54. The van der Waals surface area contributed by atoms with Gasteiger partial charge in [-0.2, -0.15) is 39.5 Å². The van der Waals surface area contributed by atoms with E-state index in [1.54, 1.807) is 0 Å². The summed E-state index contributed by atoms with van der Waals surface area (Å²) in [5.74, 6) is -20.6. The van der Waals surface area contributed by atoms with E-state index in [-0.39, 0.29) is 5.41 Å². The van der Waals surface area contributed by atoms with E-state index >= 15 is 0 Å². The van der Waals surface area contributed by atoms with Crippen LogP contribution >= 0.6 is 0 Å². The number of carbonyl (C=O) groups excluding carboxylic acids is 1. The van der Waals surface area contributed by atoms with Gasteiger partial charge in [0.1, 0.15) is 0 Å². The van der Waals surface area contributed by atoms with Crippen molar-refractivity contribution in [3.8, 4) is 0 Å². The van der Waals surface area contributed by atoms with E-state index in [2.05, 4.69) is 0 Å². The van der Waals surface area contributed by atoms with Crippen molar-refractivity contribution in [1.29, 1.82) is 0 Å². The van der Waals surface area contributed by atoms with Crippen LogP contribution in [0.2, 0.25) is 0 Å². The third kappa shape index (κ3) is 6.68. The molecule has 0 spiro atoms. The van der Waals surface area contributed by atoms with Crippen LogP contribution in [-0.2, 0) is 9.53 Å². The molecule has 0 N–H and O–H groups in total. The number of rotatable bonds is 13. The highest BCUT2D eigenvalue weighted by Gasteiger charge is 2.81. The van der Waals surface area contributed by atoms with Crippen LogP contribution < -0.4 is 0 Å². The summed E-state index contributed by atoms with van der Waals surface area (Å²) in [6.07, 6.45) is -7.37. The molecule has 0 bridgehead atoms. The van der Waals surface area contributed by atoms with E-state index in [0.29, 0.717) is 12.8 Å². The number of ether oxygens (including phenoxy) is 1. The van der Waals surface area contributed by atoms with Crippen molar-refractivity contribution in [1.82, 2.24) is 0 Å². The number of hydrogen-bond donors (Lipinski definition) is 0. The van der Waals surface area contributed by atoms with Crippen molar-refractivity contribution in [2.24, 2.45) is 16.7 Å². The lowest BCUT2D eigenvalue weighted by molar-refractivity contribution is -0.396. The minimum atomic E-state index is -6.92. The molecule has 192 valence electrons. The van der Waals surface area contributed by atoms with Crippen LogP contribution in [0.1, 0.15) is 80.1 Å². The molecule has 0 aromatic carbocycles. The van der Waals surface area contributed by atoms with Crippen molar-refractivity contribution in [2.45, 2.75) is 104 Å². The summed E-state index contributed by atoms with van der Waals surface area (Å²) in [5.41, 5.74) is -0.747. The quantitative estimate of drug-likeness (QED) is 0.149. The molecule has 1 unspecified atom stereocenters. The summed E-state index contributed by atoms with van der Waals surface area (Å²) in [6, 6.07) is 0. The zero-order chi connectivity index (χ0) is 25.8. The predicted octanol–water partition coefficient (Wildman–Crippen LogP) is 8.05. The topological polar surface area (TPSA) is 26.3 Å². The summed E-state index contributed by atoms with van der Waals surface area (Å²) in [4.78, 5) is 12.6. The Hall–Kier alpha value is -1.16. The molecule has 0 rings (SSSR count). The summed E-state index contributed by atoms with van der Waals surface area (Å²) >= 11 is 0. The van der Waals surface area contributed by atoms with Crippen molar-refractivity contribution >= 4 is 5.97 Å². The minimum Gasteiger partial charge on any atom is -0.465 e. The first-order valence-electron chi connectivity index (χ1n) is 10.5. The van der Waals surface area contributed by atoms with Crippen molar-refractivity contribution in [3.05, 3.63) is 0 Å². The molecule has 0 aliphatic carbocycles. The first kappa shape index (κ1) is 30.8. The third-order valence-corrected chi connectivity index (χ3v) is 6.63. The Bertz CT molecular complexity index is 609. The summed E-state index contributed by atoms with van der Waals surface area (Å²) in [6.45, 7) is 10.5. The Balaban J connectivity index is 5.26. The SMILES string of the molecule is CCC(C)(CC)CC(C(=O)OCCCC(F)(F)C(F)(F)C(F)(F)C(F)(F)F)C(C)(C)CC. The molecule has 0 amide bonds. The second-order valence-electron chi connectivity index (χ2n) is 9.24. The van der Waals surface area contributed by atoms with Crippen molar-refractivity contribution in [3.63, 3.8) is 0 Å². The van der Waals surface area contributed by atoms with Crippen molar-refractivity contribution in [2.75, 3.05) is 6.61 Å². The first-order chi connectivity index (χ1) is 14.2. The van der Waals surface area contributed by atoms with Crippen LogP contribution in [0.4, 0.5) is 39.5 Å². The second kappa shape index (κ2) is 10.4. The van der Waals surface area contributed by atoms with Gasteiger partial charge in [-0.15, -0.1) is 0 Å². The minimum absolute atomic E-state index is 0.214. The molecule has 0 fully saturated rings. The fraction of sp³-hybridized carbons (Fsp3) is 0.952. The standard InChI is InChI=1S/C21H33F9O2/c1-7-16(4,5)14(13-17(6,8-2)9-3)15(31)32-12-10-11-18(22,23)19(24,25)20(26,27)21(28,29)30/h14H,7-13H2,1-6H3. The molecule has 0 radical (unpaired) electrons. The van der Waals surface area contributed by atoms with Gasteiger partial charge in [-0.25, -0.2) is 0 Å². The summed E-state index contributed by atoms with van der Waals surface area (Å²) in [5, 5.41) is 0. The first-order valence-corrected chi connectivity index (χ1v) is 10.5. The van der Waals surface area contributed by atoms with Gasteiger partial charge in [0.2, 0.25) is 0 Å². The predicted molar refractivity (Wildman–Crippen MR) is 102 cm³/mol. The molecule has 0 saturated carbocycles. The smallest absolute Gasteiger partial charge is 0.460 e. The Labute approximate surface area is 183 Å². The van der Waals surface area contributed by atoms with Gasteiger partial charge in [0, 0.05) is 6.42 Å². The van der Waals surface area contributed by atoms with E-state index in [1.165, 1.54) is 0 Å². The summed E-state index contributed by atoms with van der Waals surface area (Å²) < 4.78 is 121. The number of esters is 1. The molecule has 2 nitrogen and oxygen atoms in total. The zero-order valence-electron chi connectivity index (χ0n) is 19.2. The zero-order valence-corrected chi connectivity index (χ0v) is 19.2. The van der Waals surface area contributed by atoms with E-state index in [4.69, 9.17) is 4.74 Å². The molecule has 0 aliphatic heterocycles. The van der Waals surface area contributed by atoms with Crippen LogP contribution in [0.25, 0.3) is 0 Å². The number of hydrogen-bond acceptors (Lipinski definition) is 2. The van der Waals surface area contributed by atoms with Gasteiger partial charge in [0.25, 0.3) is 0 Å². The lowest BCUT2D eigenvalue weighted by Crippen LogP contribution is -2.60. The van der Waals surface area contributed by atoms with Crippen LogP contribution in [0.15, 0.2) is 0 Å². The van der Waals surface area contributed by atoms with Gasteiger partial charge in [-0.3, -0.25) is 4.79 Å². The van der Waals surface area contributed by atoms with E-state index < -0.39 is 60.7 Å². The normalized spacial score (nSPS) is 15.6. The van der Waals surface area contributed by atoms with Gasteiger partial charge in [0.15, 0.2) is 0 Å². The Morgan fingerprint density at radius 2 is 1.25 bits per heavy atom. The van der Waals surface area contributed by atoms with Crippen LogP contribution in [-0.4, -0.2) is 36.5 Å². The fourth-order valence-corrected chi connectivity index (χ4v) is 3.09. The van der Waals surface area contributed by atoms with Gasteiger partial charge < -0.3 is 4.74 Å². The fourth-order valence-electron chi connectivity index (χ4n) is 3.09. The van der Waals surface area contributed by atoms with Crippen molar-refractivity contribution < 1.29 is 49.0 Å². The Morgan fingerprint density at radius 1 is 0.781 bits per heavy atom. The number of halogens is 9. The molecular weight excluding hydrogens is 455 g/mol. The monoisotopic (exact) mass is 488 g/mol. The third-order valence-electron chi connectivity index (χ3n) is 6.63. The van der Waals surface area contributed by atoms with E-state index in [1.807, 2.05) is 41.5 Å². The molecular formula is C21H33F9O2. The average Bonchev–Trinajstić information content (AvgIpc) is 2.67. The van der Waals surface area contributed by atoms with Crippen LogP contribution in [0.5, 0.6) is 0 Å². The Kier molecular flexibility index (Phi) is 10.0. The molecule has 32 heavy (non-hydrogen) atoms. The maximum absolute atomic E-state index is 13.6. The number of alkyl halides is 9. The lowest BCUT2D eigenvalue weighted by atomic mass is 9.67. The van der Waals surface area contributed by atoms with Crippen LogP contribution in [0.3, 0.4) is 0 Å². The average molecular weight is 488 g/mol. The second-order valence-corrected chi connectivity index (χ2v) is 9.24. The molecule has 0 saturated heterocycles. The maximum Gasteiger partial charge on any atom is 0.460 e. The summed E-state index contributed by atoms with van der Waals surface area (Å²) in [7, 11) is 0. The molecule has 0 aromatic heterocycles. The Morgan fingerprint density at radius 3 is 1.62 bits per heavy atom.